The molecule has 0 radical (unpaired) electrons. The Balaban J connectivity index is 2.27. The molecule has 21 heavy (non-hydrogen) atoms. The molecule has 1 heterocycles. The Morgan fingerprint density at radius 1 is 1.24 bits per heavy atom. The van der Waals surface area contributed by atoms with E-state index in [1.165, 1.54) is 0 Å². The summed E-state index contributed by atoms with van der Waals surface area (Å²) in [6.07, 6.45) is 0. The number of benzene rings is 1. The molecule has 2 rings (SSSR count). The van der Waals surface area contributed by atoms with E-state index in [2.05, 4.69) is 5.32 Å². The van der Waals surface area contributed by atoms with E-state index in [0.717, 1.165) is 16.6 Å². The van der Waals surface area contributed by atoms with Crippen molar-refractivity contribution in [2.45, 2.75) is 6.92 Å². The van der Waals surface area contributed by atoms with E-state index in [1.54, 1.807) is 0 Å². The summed E-state index contributed by atoms with van der Waals surface area (Å²) >= 11 is 0. The zero-order valence-electron chi connectivity index (χ0n) is 12.9. The van der Waals surface area contributed by atoms with Gasteiger partial charge < -0.3 is 14.8 Å². The maximum Gasteiger partial charge on any atom is 0.292 e. The predicted molar refractivity (Wildman–Crippen MR) is 83.6 cm³/mol. The molecule has 5 nitrogen and oxygen atoms in total. The number of fused-ring (bicyclic) bond motifs is 1. The first-order valence-corrected chi connectivity index (χ1v) is 6.94. The summed E-state index contributed by atoms with van der Waals surface area (Å²) in [5.74, 6) is -1.01. The lowest BCUT2D eigenvalue weighted by atomic mass is 10.1. The van der Waals surface area contributed by atoms with Gasteiger partial charge in [-0.05, 0) is 27.1 Å². The highest BCUT2D eigenvalue weighted by Gasteiger charge is 2.23. The average molecular weight is 287 g/mol. The molecule has 0 saturated carbocycles. The van der Waals surface area contributed by atoms with Crippen LogP contribution in [0.25, 0.3) is 10.9 Å². The number of nitrogens with zero attached hydrogens (tertiary/aromatic N) is 2. The van der Waals surface area contributed by atoms with Gasteiger partial charge in [-0.15, -0.1) is 0 Å². The summed E-state index contributed by atoms with van der Waals surface area (Å²) in [6.45, 7) is 3.02. The van der Waals surface area contributed by atoms with Gasteiger partial charge in [0.05, 0.1) is 5.56 Å². The molecule has 0 saturated heterocycles. The quantitative estimate of drug-likeness (QED) is 0.667. The van der Waals surface area contributed by atoms with Crippen molar-refractivity contribution >= 4 is 22.6 Å². The van der Waals surface area contributed by atoms with Gasteiger partial charge in [0.25, 0.3) is 11.7 Å². The highest BCUT2D eigenvalue weighted by Crippen LogP contribution is 2.25. The molecule has 2 aromatic rings. The number of ketones is 1. The van der Waals surface area contributed by atoms with Gasteiger partial charge in [-0.3, -0.25) is 9.59 Å². The van der Waals surface area contributed by atoms with E-state index >= 15 is 0 Å². The Hall–Kier alpha value is -2.14. The van der Waals surface area contributed by atoms with Crippen molar-refractivity contribution in [2.75, 3.05) is 27.2 Å². The molecule has 1 N–H and O–H groups in total. The first-order chi connectivity index (χ1) is 9.93. The fourth-order valence-electron chi connectivity index (χ4n) is 2.39. The number of hydrogen-bond acceptors (Lipinski definition) is 3. The molecule has 1 amide bonds. The summed E-state index contributed by atoms with van der Waals surface area (Å²) in [6, 6.07) is 7.63. The van der Waals surface area contributed by atoms with Gasteiger partial charge in [-0.2, -0.15) is 0 Å². The van der Waals surface area contributed by atoms with Crippen LogP contribution in [-0.4, -0.2) is 48.3 Å². The molecule has 0 aliphatic heterocycles. The molecule has 1 aromatic carbocycles. The van der Waals surface area contributed by atoms with Crippen LogP contribution in [0.2, 0.25) is 0 Å². The fourth-order valence-corrected chi connectivity index (χ4v) is 2.39. The van der Waals surface area contributed by atoms with Crippen molar-refractivity contribution < 1.29 is 9.59 Å². The molecule has 0 spiro atoms. The lowest BCUT2D eigenvalue weighted by Gasteiger charge is -2.10. The monoisotopic (exact) mass is 287 g/mol. The van der Waals surface area contributed by atoms with E-state index in [9.17, 15) is 9.59 Å². The highest BCUT2D eigenvalue weighted by atomic mass is 16.2. The van der Waals surface area contributed by atoms with Crippen molar-refractivity contribution in [3.05, 3.63) is 35.5 Å². The summed E-state index contributed by atoms with van der Waals surface area (Å²) in [4.78, 5) is 26.4. The number of hydrogen-bond donors (Lipinski definition) is 1. The third-order valence-corrected chi connectivity index (χ3v) is 3.68. The second kappa shape index (κ2) is 6.10. The van der Waals surface area contributed by atoms with Crippen LogP contribution >= 0.6 is 0 Å². The molecule has 112 valence electrons. The number of carbonyl (C=O) groups is 2. The number of nitrogens with one attached hydrogen (secondary N) is 1. The lowest BCUT2D eigenvalue weighted by Crippen LogP contribution is -2.36. The zero-order valence-corrected chi connectivity index (χ0v) is 12.9. The van der Waals surface area contributed by atoms with Gasteiger partial charge in [-0.25, -0.2) is 0 Å². The van der Waals surface area contributed by atoms with Gasteiger partial charge in [0.2, 0.25) is 0 Å². The first-order valence-electron chi connectivity index (χ1n) is 6.94. The highest BCUT2D eigenvalue weighted by molar-refractivity contribution is 6.45. The first kappa shape index (κ1) is 15.3. The van der Waals surface area contributed by atoms with E-state index in [4.69, 9.17) is 0 Å². The van der Waals surface area contributed by atoms with E-state index in [0.29, 0.717) is 18.7 Å². The zero-order chi connectivity index (χ0) is 15.6. The van der Waals surface area contributed by atoms with Crippen LogP contribution in [0.4, 0.5) is 0 Å². The molecular formula is C16H21N3O2. The van der Waals surface area contributed by atoms with Gasteiger partial charge in [0.15, 0.2) is 0 Å². The lowest BCUT2D eigenvalue weighted by molar-refractivity contribution is -0.117. The number of Topliss-reactive ketones (excluding diaryl/α,β-unsaturated/α-hetero) is 1. The maximum atomic E-state index is 12.4. The number of likely N-dealkylation sites (N-methyl/N-ethyl adjacent to an activating group) is 1. The Bertz CT molecular complexity index is 686. The minimum absolute atomic E-state index is 0.460. The minimum Gasteiger partial charge on any atom is -0.348 e. The van der Waals surface area contributed by atoms with Crippen molar-refractivity contribution in [3.8, 4) is 0 Å². The van der Waals surface area contributed by atoms with Crippen molar-refractivity contribution in [2.24, 2.45) is 7.05 Å². The average Bonchev–Trinajstić information content (AvgIpc) is 2.70. The van der Waals surface area contributed by atoms with Crippen LogP contribution < -0.4 is 5.32 Å². The van der Waals surface area contributed by atoms with Crippen LogP contribution in [-0.2, 0) is 11.8 Å². The summed E-state index contributed by atoms with van der Waals surface area (Å²) in [5.41, 5.74) is 2.26. The van der Waals surface area contributed by atoms with Crippen molar-refractivity contribution in [1.29, 1.82) is 0 Å². The minimum atomic E-state index is -0.545. The molecule has 0 fully saturated rings. The van der Waals surface area contributed by atoms with Crippen molar-refractivity contribution in [1.82, 2.24) is 14.8 Å². The topological polar surface area (TPSA) is 54.3 Å². The molecule has 1 aromatic heterocycles. The Kier molecular flexibility index (Phi) is 4.43. The predicted octanol–water partition coefficient (Wildman–Crippen LogP) is 1.35. The molecule has 0 aliphatic carbocycles. The second-order valence-electron chi connectivity index (χ2n) is 5.42. The number of aromatic nitrogens is 1. The van der Waals surface area contributed by atoms with Crippen molar-refractivity contribution in [3.63, 3.8) is 0 Å². The van der Waals surface area contributed by atoms with Crippen LogP contribution in [0, 0.1) is 6.92 Å². The summed E-state index contributed by atoms with van der Waals surface area (Å²) in [7, 11) is 5.74. The Morgan fingerprint density at radius 3 is 2.57 bits per heavy atom. The number of carbonyl (C=O) groups excluding carboxylic acids is 2. The third-order valence-electron chi connectivity index (χ3n) is 3.68. The number of aryl methyl sites for hydroxylation is 1. The van der Waals surface area contributed by atoms with E-state index in [1.807, 2.05) is 61.8 Å². The molecule has 5 heteroatoms. The number of para-hydroxylation sites is 1. The Morgan fingerprint density at radius 2 is 1.90 bits per heavy atom. The normalized spacial score (nSPS) is 11.1. The largest absolute Gasteiger partial charge is 0.348 e. The van der Waals surface area contributed by atoms with Crippen LogP contribution in [0.3, 0.4) is 0 Å². The van der Waals surface area contributed by atoms with Gasteiger partial charge in [-0.1, -0.05) is 18.2 Å². The molecule has 0 unspecified atom stereocenters. The van der Waals surface area contributed by atoms with Gasteiger partial charge in [0, 0.05) is 36.7 Å². The standard InChI is InChI=1S/C16H21N3O2/c1-11-14(12-7-5-6-8-13(12)19(11)4)15(20)16(21)17-9-10-18(2)3/h5-8H,9-10H2,1-4H3,(H,17,21). The Labute approximate surface area is 124 Å². The molecular weight excluding hydrogens is 266 g/mol. The summed E-state index contributed by atoms with van der Waals surface area (Å²) < 4.78 is 1.94. The van der Waals surface area contributed by atoms with Gasteiger partial charge in [0.1, 0.15) is 0 Å². The fraction of sp³-hybridized carbons (Fsp3) is 0.375. The summed E-state index contributed by atoms with van der Waals surface area (Å²) in [5, 5.41) is 3.50. The maximum absolute atomic E-state index is 12.4. The third kappa shape index (κ3) is 2.97. The second-order valence-corrected chi connectivity index (χ2v) is 5.42. The number of rotatable bonds is 5. The molecule has 0 atom stereocenters. The number of amides is 1. The van der Waals surface area contributed by atoms with Gasteiger partial charge >= 0.3 is 0 Å². The van der Waals surface area contributed by atoms with Crippen LogP contribution in [0.15, 0.2) is 24.3 Å². The molecule has 0 aliphatic rings. The molecule has 0 bridgehead atoms. The van der Waals surface area contributed by atoms with E-state index in [-0.39, 0.29) is 0 Å². The smallest absolute Gasteiger partial charge is 0.292 e. The SMILES string of the molecule is Cc1c(C(=O)C(=O)NCCN(C)C)c2ccccc2n1C. The van der Waals surface area contributed by atoms with Crippen LogP contribution in [0.1, 0.15) is 16.1 Å². The van der Waals surface area contributed by atoms with E-state index < -0.39 is 11.7 Å². The van der Waals surface area contributed by atoms with Crippen LogP contribution in [0.5, 0.6) is 0 Å².